The lowest BCUT2D eigenvalue weighted by atomic mass is 10.1. The van der Waals surface area contributed by atoms with Crippen LogP contribution in [-0.4, -0.2) is 17.7 Å². The summed E-state index contributed by atoms with van der Waals surface area (Å²) in [5.41, 5.74) is 0. The summed E-state index contributed by atoms with van der Waals surface area (Å²) in [5.74, 6) is 1.21. The Morgan fingerprint density at radius 2 is 1.50 bits per heavy atom. The summed E-state index contributed by atoms with van der Waals surface area (Å²) >= 11 is 4.18. The zero-order valence-electron chi connectivity index (χ0n) is 10.8. The van der Waals surface area contributed by atoms with Crippen molar-refractivity contribution in [2.75, 3.05) is 5.75 Å². The van der Waals surface area contributed by atoms with Gasteiger partial charge in [-0.3, -0.25) is 4.79 Å². The molecule has 0 saturated carbocycles. The molecule has 0 atom stereocenters. The van der Waals surface area contributed by atoms with Crippen LogP contribution in [0.4, 0.5) is 0 Å². The molecular weight excluding hydrogens is 218 g/mol. The van der Waals surface area contributed by atoms with E-state index in [0.717, 1.165) is 12.2 Å². The molecule has 0 radical (unpaired) electrons. The van der Waals surface area contributed by atoms with Gasteiger partial charge in [0.25, 0.3) is 0 Å². The molecule has 0 aromatic heterocycles. The molecular formula is C13H27NOS. The van der Waals surface area contributed by atoms with Crippen LogP contribution in [0.25, 0.3) is 0 Å². The number of amides is 1. The van der Waals surface area contributed by atoms with Crippen LogP contribution in [0.1, 0.15) is 65.2 Å². The third kappa shape index (κ3) is 11.9. The van der Waals surface area contributed by atoms with Crippen molar-refractivity contribution in [3.63, 3.8) is 0 Å². The largest absolute Gasteiger partial charge is 0.354 e. The molecule has 0 aliphatic rings. The Bertz CT molecular complexity index is 171. The van der Waals surface area contributed by atoms with Crippen molar-refractivity contribution in [3.05, 3.63) is 0 Å². The van der Waals surface area contributed by atoms with E-state index in [-0.39, 0.29) is 11.9 Å². The molecule has 0 aromatic rings. The Balaban J connectivity index is 3.11. The number of nitrogens with one attached hydrogen (secondary N) is 1. The van der Waals surface area contributed by atoms with Gasteiger partial charge in [-0.05, 0) is 32.4 Å². The first-order chi connectivity index (χ1) is 7.66. The highest BCUT2D eigenvalue weighted by Crippen LogP contribution is 2.08. The second-order valence-corrected chi connectivity index (χ2v) is 5.12. The summed E-state index contributed by atoms with van der Waals surface area (Å²) in [6.45, 7) is 4.00. The average molecular weight is 245 g/mol. The van der Waals surface area contributed by atoms with E-state index in [4.69, 9.17) is 0 Å². The fraction of sp³-hybridized carbons (Fsp3) is 0.923. The highest BCUT2D eigenvalue weighted by Gasteiger charge is 2.01. The van der Waals surface area contributed by atoms with E-state index in [1.165, 1.54) is 38.5 Å². The average Bonchev–Trinajstić information content (AvgIpc) is 2.21. The number of unbranched alkanes of at least 4 members (excludes halogenated alkanes) is 6. The highest BCUT2D eigenvalue weighted by molar-refractivity contribution is 7.80. The summed E-state index contributed by atoms with van der Waals surface area (Å²) in [4.78, 5) is 11.3. The summed E-state index contributed by atoms with van der Waals surface area (Å²) in [7, 11) is 0. The second kappa shape index (κ2) is 11.3. The van der Waals surface area contributed by atoms with Gasteiger partial charge in [-0.2, -0.15) is 12.6 Å². The maximum atomic E-state index is 11.3. The van der Waals surface area contributed by atoms with E-state index in [1.54, 1.807) is 0 Å². The topological polar surface area (TPSA) is 29.1 Å². The summed E-state index contributed by atoms with van der Waals surface area (Å²) in [5, 5.41) is 2.91. The molecule has 0 aliphatic heterocycles. The van der Waals surface area contributed by atoms with E-state index >= 15 is 0 Å². The number of rotatable bonds is 10. The lowest BCUT2D eigenvalue weighted by Gasteiger charge is -2.07. The van der Waals surface area contributed by atoms with Crippen LogP contribution in [0, 0.1) is 0 Å². The van der Waals surface area contributed by atoms with Crippen LogP contribution in [-0.2, 0) is 4.79 Å². The van der Waals surface area contributed by atoms with E-state index < -0.39 is 0 Å². The number of hydrogen-bond donors (Lipinski definition) is 2. The van der Waals surface area contributed by atoms with Crippen molar-refractivity contribution in [1.29, 1.82) is 0 Å². The molecule has 0 aliphatic carbocycles. The predicted octanol–water partition coefficient (Wildman–Crippen LogP) is 3.56. The van der Waals surface area contributed by atoms with E-state index in [2.05, 4.69) is 17.9 Å². The molecule has 3 heteroatoms. The monoisotopic (exact) mass is 245 g/mol. The van der Waals surface area contributed by atoms with Gasteiger partial charge < -0.3 is 5.32 Å². The van der Waals surface area contributed by atoms with Crippen molar-refractivity contribution in [2.24, 2.45) is 0 Å². The Labute approximate surface area is 106 Å². The normalized spacial score (nSPS) is 10.8. The van der Waals surface area contributed by atoms with Gasteiger partial charge >= 0.3 is 0 Å². The zero-order valence-corrected chi connectivity index (χ0v) is 11.7. The minimum atomic E-state index is 0.199. The molecule has 0 unspecified atom stereocenters. The summed E-state index contributed by atoms with van der Waals surface area (Å²) in [6, 6.07) is 0.272. The van der Waals surface area contributed by atoms with Crippen molar-refractivity contribution in [1.82, 2.24) is 5.32 Å². The van der Waals surface area contributed by atoms with E-state index in [9.17, 15) is 4.79 Å². The first-order valence-corrected chi connectivity index (χ1v) is 7.20. The van der Waals surface area contributed by atoms with Gasteiger partial charge in [-0.15, -0.1) is 0 Å². The molecule has 96 valence electrons. The van der Waals surface area contributed by atoms with Crippen LogP contribution in [0.15, 0.2) is 0 Å². The maximum absolute atomic E-state index is 11.3. The first kappa shape index (κ1) is 15.8. The van der Waals surface area contributed by atoms with Gasteiger partial charge in [-0.25, -0.2) is 0 Å². The molecule has 0 fully saturated rings. The predicted molar refractivity (Wildman–Crippen MR) is 74.1 cm³/mol. The fourth-order valence-electron chi connectivity index (χ4n) is 1.68. The zero-order chi connectivity index (χ0) is 12.2. The van der Waals surface area contributed by atoms with Crippen molar-refractivity contribution >= 4 is 18.5 Å². The van der Waals surface area contributed by atoms with Gasteiger partial charge in [-0.1, -0.05) is 32.1 Å². The third-order valence-electron chi connectivity index (χ3n) is 2.51. The van der Waals surface area contributed by atoms with Gasteiger partial charge in [0.05, 0.1) is 0 Å². The van der Waals surface area contributed by atoms with E-state index in [0.29, 0.717) is 6.42 Å². The molecule has 0 bridgehead atoms. The highest BCUT2D eigenvalue weighted by atomic mass is 32.1. The smallest absolute Gasteiger partial charge is 0.220 e. The molecule has 0 spiro atoms. The van der Waals surface area contributed by atoms with Gasteiger partial charge in [0.1, 0.15) is 0 Å². The molecule has 1 amide bonds. The van der Waals surface area contributed by atoms with Crippen LogP contribution < -0.4 is 5.32 Å². The van der Waals surface area contributed by atoms with Crippen molar-refractivity contribution < 1.29 is 4.79 Å². The SMILES string of the molecule is CC(C)NC(=O)CCCCCCCCCS. The summed E-state index contributed by atoms with van der Waals surface area (Å²) < 4.78 is 0. The Morgan fingerprint density at radius 1 is 1.00 bits per heavy atom. The number of hydrogen-bond acceptors (Lipinski definition) is 2. The first-order valence-electron chi connectivity index (χ1n) is 6.57. The lowest BCUT2D eigenvalue weighted by molar-refractivity contribution is -0.121. The number of thiol groups is 1. The van der Waals surface area contributed by atoms with Crippen molar-refractivity contribution in [2.45, 2.75) is 71.3 Å². The standard InChI is InChI=1S/C13H27NOS/c1-12(2)14-13(15)10-8-6-4-3-5-7-9-11-16/h12,16H,3-11H2,1-2H3,(H,14,15). The van der Waals surface area contributed by atoms with Gasteiger partial charge in [0, 0.05) is 12.5 Å². The van der Waals surface area contributed by atoms with Gasteiger partial charge in [0.15, 0.2) is 0 Å². The van der Waals surface area contributed by atoms with Crippen LogP contribution in [0.2, 0.25) is 0 Å². The van der Waals surface area contributed by atoms with Crippen LogP contribution in [0.5, 0.6) is 0 Å². The molecule has 0 rings (SSSR count). The molecule has 0 heterocycles. The minimum Gasteiger partial charge on any atom is -0.354 e. The lowest BCUT2D eigenvalue weighted by Crippen LogP contribution is -2.29. The number of carbonyl (C=O) groups is 1. The fourth-order valence-corrected chi connectivity index (χ4v) is 1.90. The second-order valence-electron chi connectivity index (χ2n) is 4.67. The Hall–Kier alpha value is -0.180. The minimum absolute atomic E-state index is 0.199. The molecule has 1 N–H and O–H groups in total. The molecule has 0 saturated heterocycles. The Kier molecular flexibility index (Phi) is 11.2. The molecule has 16 heavy (non-hydrogen) atoms. The molecule has 2 nitrogen and oxygen atoms in total. The van der Waals surface area contributed by atoms with Gasteiger partial charge in [0.2, 0.25) is 5.91 Å². The summed E-state index contributed by atoms with van der Waals surface area (Å²) in [6.07, 6.45) is 9.34. The molecule has 0 aromatic carbocycles. The third-order valence-corrected chi connectivity index (χ3v) is 2.83. The van der Waals surface area contributed by atoms with Crippen LogP contribution in [0.3, 0.4) is 0 Å². The number of carbonyl (C=O) groups excluding carboxylic acids is 1. The Morgan fingerprint density at radius 3 is 2.00 bits per heavy atom. The van der Waals surface area contributed by atoms with Crippen molar-refractivity contribution in [3.8, 4) is 0 Å². The van der Waals surface area contributed by atoms with Crippen LogP contribution >= 0.6 is 12.6 Å². The van der Waals surface area contributed by atoms with E-state index in [1.807, 2.05) is 13.8 Å². The quantitative estimate of drug-likeness (QED) is 0.447. The maximum Gasteiger partial charge on any atom is 0.220 e.